The second-order valence-corrected chi connectivity index (χ2v) is 9.73. The van der Waals surface area contributed by atoms with Gasteiger partial charge in [-0.1, -0.05) is 58.0 Å². The van der Waals surface area contributed by atoms with E-state index in [0.29, 0.717) is 11.5 Å². The standard InChI is InChI=1S/C22H33NO/c1-16-13-23-15-22(20(2,3)4,19-12-11-18(16)21(19,23)5)24-14-17-9-7-6-8-10-17/h6-10,16,18-19H,11-15H2,1-5H3/t16-,18+,19+,21-,22-/m1/s1. The summed E-state index contributed by atoms with van der Waals surface area (Å²) in [6.07, 6.45) is 2.71. The predicted octanol–water partition coefficient (Wildman–Crippen LogP) is 4.74. The molecule has 0 aromatic heterocycles. The maximum Gasteiger partial charge on any atom is 0.0906 e. The van der Waals surface area contributed by atoms with Gasteiger partial charge in [-0.25, -0.2) is 0 Å². The molecule has 0 spiro atoms. The first-order chi connectivity index (χ1) is 11.3. The van der Waals surface area contributed by atoms with Crippen molar-refractivity contribution >= 4 is 0 Å². The van der Waals surface area contributed by atoms with E-state index in [1.807, 2.05) is 0 Å². The third kappa shape index (κ3) is 2.08. The SMILES string of the molecule is C[C@@H]1CN2C[C@](OCc3ccccc3)(C(C)(C)C)[C@H]3CC[C@@H]1[C@]32C. The fourth-order valence-electron chi connectivity index (χ4n) is 6.42. The van der Waals surface area contributed by atoms with Crippen molar-refractivity contribution in [2.75, 3.05) is 13.1 Å². The Kier molecular flexibility index (Phi) is 3.68. The van der Waals surface area contributed by atoms with E-state index in [1.54, 1.807) is 0 Å². The van der Waals surface area contributed by atoms with Crippen LogP contribution in [-0.4, -0.2) is 29.1 Å². The van der Waals surface area contributed by atoms with Crippen LogP contribution in [0.5, 0.6) is 0 Å². The minimum Gasteiger partial charge on any atom is -0.368 e. The largest absolute Gasteiger partial charge is 0.368 e. The molecule has 3 aliphatic rings. The molecule has 1 saturated carbocycles. The lowest BCUT2D eigenvalue weighted by atomic mass is 9.65. The highest BCUT2D eigenvalue weighted by Crippen LogP contribution is 2.64. The van der Waals surface area contributed by atoms with Crippen LogP contribution in [0.3, 0.4) is 0 Å². The average Bonchev–Trinajstić information content (AvgIpc) is 3.08. The van der Waals surface area contributed by atoms with Gasteiger partial charge >= 0.3 is 0 Å². The van der Waals surface area contributed by atoms with E-state index in [2.05, 4.69) is 69.9 Å². The lowest BCUT2D eigenvalue weighted by Gasteiger charge is -2.47. The van der Waals surface area contributed by atoms with Gasteiger partial charge in [-0.05, 0) is 42.6 Å². The molecule has 1 aliphatic carbocycles. The molecule has 132 valence electrons. The first-order valence-electron chi connectivity index (χ1n) is 9.72. The summed E-state index contributed by atoms with van der Waals surface area (Å²) in [6, 6.07) is 10.7. The molecule has 2 aliphatic heterocycles. The molecule has 2 saturated heterocycles. The van der Waals surface area contributed by atoms with E-state index in [1.165, 1.54) is 24.9 Å². The van der Waals surface area contributed by atoms with Crippen molar-refractivity contribution < 1.29 is 4.74 Å². The molecule has 2 heteroatoms. The molecule has 0 amide bonds. The topological polar surface area (TPSA) is 12.5 Å². The molecule has 0 bridgehead atoms. The summed E-state index contributed by atoms with van der Waals surface area (Å²) in [5.41, 5.74) is 1.76. The van der Waals surface area contributed by atoms with Gasteiger partial charge in [0.25, 0.3) is 0 Å². The zero-order valence-corrected chi connectivity index (χ0v) is 16.0. The highest BCUT2D eigenvalue weighted by Gasteiger charge is 2.71. The van der Waals surface area contributed by atoms with E-state index >= 15 is 0 Å². The third-order valence-electron chi connectivity index (χ3n) is 7.70. The lowest BCUT2D eigenvalue weighted by Crippen LogP contribution is -2.53. The van der Waals surface area contributed by atoms with Gasteiger partial charge in [0.15, 0.2) is 0 Å². The summed E-state index contributed by atoms with van der Waals surface area (Å²) in [4.78, 5) is 2.79. The Morgan fingerprint density at radius 1 is 1.17 bits per heavy atom. The quantitative estimate of drug-likeness (QED) is 0.795. The molecule has 2 nitrogen and oxygen atoms in total. The number of benzene rings is 1. The van der Waals surface area contributed by atoms with Crippen molar-refractivity contribution in [1.29, 1.82) is 0 Å². The van der Waals surface area contributed by atoms with Gasteiger partial charge in [0, 0.05) is 24.5 Å². The van der Waals surface area contributed by atoms with Crippen LogP contribution in [-0.2, 0) is 11.3 Å². The molecule has 0 N–H and O–H groups in total. The molecule has 1 aromatic rings. The molecule has 24 heavy (non-hydrogen) atoms. The van der Waals surface area contributed by atoms with Gasteiger partial charge in [-0.3, -0.25) is 4.90 Å². The first kappa shape index (κ1) is 16.6. The van der Waals surface area contributed by atoms with Crippen molar-refractivity contribution in [2.45, 2.75) is 65.2 Å². The summed E-state index contributed by atoms with van der Waals surface area (Å²) in [5, 5.41) is 0. The number of nitrogens with zero attached hydrogens (tertiary/aromatic N) is 1. The molecule has 0 radical (unpaired) electrons. The zero-order chi connectivity index (χ0) is 17.2. The van der Waals surface area contributed by atoms with Crippen LogP contribution in [0.25, 0.3) is 0 Å². The molecule has 2 heterocycles. The highest BCUT2D eigenvalue weighted by atomic mass is 16.5. The molecule has 0 unspecified atom stereocenters. The minimum absolute atomic E-state index is 0.0352. The number of ether oxygens (including phenoxy) is 1. The van der Waals surface area contributed by atoms with Crippen LogP contribution < -0.4 is 0 Å². The van der Waals surface area contributed by atoms with E-state index < -0.39 is 0 Å². The van der Waals surface area contributed by atoms with E-state index in [0.717, 1.165) is 25.0 Å². The number of rotatable bonds is 3. The van der Waals surface area contributed by atoms with E-state index in [-0.39, 0.29) is 11.0 Å². The fraction of sp³-hybridized carbons (Fsp3) is 0.727. The maximum absolute atomic E-state index is 6.87. The van der Waals surface area contributed by atoms with Crippen LogP contribution in [0.1, 0.15) is 53.0 Å². The Morgan fingerprint density at radius 3 is 2.54 bits per heavy atom. The van der Waals surface area contributed by atoms with Crippen molar-refractivity contribution in [3.63, 3.8) is 0 Å². The Labute approximate surface area is 147 Å². The predicted molar refractivity (Wildman–Crippen MR) is 98.8 cm³/mol. The molecular formula is C22H33NO. The Bertz CT molecular complexity index is 606. The molecule has 4 rings (SSSR count). The van der Waals surface area contributed by atoms with Gasteiger partial charge < -0.3 is 4.74 Å². The Balaban J connectivity index is 1.67. The third-order valence-corrected chi connectivity index (χ3v) is 7.70. The molecule has 3 fully saturated rings. The lowest BCUT2D eigenvalue weighted by molar-refractivity contribution is -0.147. The van der Waals surface area contributed by atoms with Gasteiger partial charge in [0.2, 0.25) is 0 Å². The number of hydrogen-bond acceptors (Lipinski definition) is 2. The molecular weight excluding hydrogens is 294 g/mol. The smallest absolute Gasteiger partial charge is 0.0906 e. The minimum atomic E-state index is -0.0352. The average molecular weight is 328 g/mol. The van der Waals surface area contributed by atoms with Crippen LogP contribution in [0, 0.1) is 23.2 Å². The van der Waals surface area contributed by atoms with Crippen LogP contribution in [0.4, 0.5) is 0 Å². The summed E-state index contributed by atoms with van der Waals surface area (Å²) in [5.74, 6) is 2.35. The Morgan fingerprint density at radius 2 is 1.88 bits per heavy atom. The first-order valence-corrected chi connectivity index (χ1v) is 9.72. The van der Waals surface area contributed by atoms with Crippen LogP contribution in [0.2, 0.25) is 0 Å². The van der Waals surface area contributed by atoms with E-state index in [9.17, 15) is 0 Å². The van der Waals surface area contributed by atoms with Crippen molar-refractivity contribution in [3.05, 3.63) is 35.9 Å². The highest BCUT2D eigenvalue weighted by molar-refractivity contribution is 5.24. The maximum atomic E-state index is 6.87. The summed E-state index contributed by atoms with van der Waals surface area (Å²) in [7, 11) is 0. The fourth-order valence-corrected chi connectivity index (χ4v) is 6.42. The van der Waals surface area contributed by atoms with Gasteiger partial charge in [-0.15, -0.1) is 0 Å². The van der Waals surface area contributed by atoms with Crippen molar-refractivity contribution in [2.24, 2.45) is 23.2 Å². The Hall–Kier alpha value is -0.860. The number of hydrogen-bond donors (Lipinski definition) is 0. The summed E-state index contributed by atoms with van der Waals surface area (Å²) >= 11 is 0. The van der Waals surface area contributed by atoms with Crippen molar-refractivity contribution in [3.8, 4) is 0 Å². The summed E-state index contributed by atoms with van der Waals surface area (Å²) < 4.78 is 6.87. The summed E-state index contributed by atoms with van der Waals surface area (Å²) in [6.45, 7) is 15.3. The van der Waals surface area contributed by atoms with Gasteiger partial charge in [-0.2, -0.15) is 0 Å². The van der Waals surface area contributed by atoms with Crippen LogP contribution in [0.15, 0.2) is 30.3 Å². The molecule has 5 atom stereocenters. The van der Waals surface area contributed by atoms with Gasteiger partial charge in [0.05, 0.1) is 12.2 Å². The zero-order valence-electron chi connectivity index (χ0n) is 16.0. The van der Waals surface area contributed by atoms with Crippen LogP contribution >= 0.6 is 0 Å². The van der Waals surface area contributed by atoms with Crippen molar-refractivity contribution in [1.82, 2.24) is 4.90 Å². The normalized spacial score (nSPS) is 41.8. The second-order valence-electron chi connectivity index (χ2n) is 9.73. The van der Waals surface area contributed by atoms with E-state index in [4.69, 9.17) is 4.74 Å². The second kappa shape index (κ2) is 5.32. The molecule has 1 aromatic carbocycles. The van der Waals surface area contributed by atoms with Gasteiger partial charge in [0.1, 0.15) is 0 Å². The monoisotopic (exact) mass is 327 g/mol.